The van der Waals surface area contributed by atoms with Crippen molar-refractivity contribution in [2.24, 2.45) is 0 Å². The van der Waals surface area contributed by atoms with Gasteiger partial charge in [0.05, 0.1) is 20.3 Å². The van der Waals surface area contributed by atoms with Crippen molar-refractivity contribution >= 4 is 17.5 Å². The summed E-state index contributed by atoms with van der Waals surface area (Å²) < 4.78 is 10.7. The number of carbonyl (C=O) groups excluding carboxylic acids is 2. The Hall–Kier alpha value is -3.94. The zero-order valence-electron chi connectivity index (χ0n) is 23.3. The number of piperidine rings is 1. The van der Waals surface area contributed by atoms with E-state index in [4.69, 9.17) is 9.47 Å². The van der Waals surface area contributed by atoms with Crippen molar-refractivity contribution in [2.75, 3.05) is 47.0 Å². The predicted octanol–water partition coefficient (Wildman–Crippen LogP) is 5.07. The number of urea groups is 1. The molecule has 3 aromatic rings. The lowest BCUT2D eigenvalue weighted by atomic mass is 9.85. The van der Waals surface area contributed by atoms with Crippen LogP contribution in [0.3, 0.4) is 0 Å². The summed E-state index contributed by atoms with van der Waals surface area (Å²) in [6, 6.07) is 28.1. The highest BCUT2D eigenvalue weighted by Gasteiger charge is 2.57. The van der Waals surface area contributed by atoms with Crippen LogP contribution in [0.4, 0.5) is 4.79 Å². The lowest BCUT2D eigenvalue weighted by molar-refractivity contribution is -0.136. The second kappa shape index (κ2) is 12.5. The first kappa shape index (κ1) is 27.6. The van der Waals surface area contributed by atoms with Gasteiger partial charge in [0, 0.05) is 33.3 Å². The number of ether oxygens (including phenoxy) is 2. The third-order valence-corrected chi connectivity index (χ3v) is 8.02. The number of carbonyl (C=O) groups is 2. The molecule has 5 rings (SSSR count). The molecule has 0 N–H and O–H groups in total. The van der Waals surface area contributed by atoms with E-state index in [2.05, 4.69) is 59.5 Å². The predicted molar refractivity (Wildman–Crippen MR) is 156 cm³/mol. The summed E-state index contributed by atoms with van der Waals surface area (Å²) >= 11 is 0. The largest absolute Gasteiger partial charge is 0.497 e. The van der Waals surface area contributed by atoms with Crippen LogP contribution < -0.4 is 4.74 Å². The number of rotatable bonds is 10. The van der Waals surface area contributed by atoms with Crippen molar-refractivity contribution in [1.82, 2.24) is 14.7 Å². The monoisotopic (exact) mass is 539 g/mol. The number of amides is 3. The van der Waals surface area contributed by atoms with Crippen molar-refractivity contribution < 1.29 is 19.1 Å². The Morgan fingerprint density at radius 1 is 0.875 bits per heavy atom. The molecule has 7 heteroatoms. The molecule has 2 saturated heterocycles. The molecule has 3 aromatic carbocycles. The number of likely N-dealkylation sites (tertiary alicyclic amines) is 1. The molecule has 1 spiro atoms. The lowest BCUT2D eigenvalue weighted by Crippen LogP contribution is -2.57. The third-order valence-electron chi connectivity index (χ3n) is 8.02. The fraction of sp³-hybridized carbons (Fsp3) is 0.333. The van der Waals surface area contributed by atoms with E-state index in [1.54, 1.807) is 19.1 Å². The van der Waals surface area contributed by atoms with Crippen molar-refractivity contribution in [1.29, 1.82) is 0 Å². The number of hydrogen-bond acceptors (Lipinski definition) is 5. The van der Waals surface area contributed by atoms with Gasteiger partial charge in [0.1, 0.15) is 11.3 Å². The van der Waals surface area contributed by atoms with Crippen LogP contribution in [0.2, 0.25) is 0 Å². The summed E-state index contributed by atoms with van der Waals surface area (Å²) in [5.74, 6) is 0.593. The molecule has 0 bridgehead atoms. The Labute approximate surface area is 236 Å². The van der Waals surface area contributed by atoms with E-state index in [0.29, 0.717) is 31.7 Å². The van der Waals surface area contributed by atoms with Gasteiger partial charge in [-0.15, -0.1) is 0 Å². The molecular formula is C33H37N3O4. The van der Waals surface area contributed by atoms with Gasteiger partial charge in [-0.3, -0.25) is 14.6 Å². The highest BCUT2D eigenvalue weighted by Crippen LogP contribution is 2.38. The van der Waals surface area contributed by atoms with Crippen LogP contribution in [-0.4, -0.2) is 79.2 Å². The van der Waals surface area contributed by atoms with Crippen LogP contribution in [0.5, 0.6) is 5.75 Å². The zero-order valence-corrected chi connectivity index (χ0v) is 23.3. The molecule has 3 amide bonds. The van der Waals surface area contributed by atoms with Crippen LogP contribution in [-0.2, 0) is 16.1 Å². The number of methoxy groups -OCH3 is 2. The Morgan fingerprint density at radius 2 is 1.52 bits per heavy atom. The van der Waals surface area contributed by atoms with Gasteiger partial charge in [0.15, 0.2) is 0 Å². The first-order valence-electron chi connectivity index (χ1n) is 13.8. The van der Waals surface area contributed by atoms with E-state index in [9.17, 15) is 9.59 Å². The van der Waals surface area contributed by atoms with E-state index < -0.39 is 5.54 Å². The van der Waals surface area contributed by atoms with Crippen LogP contribution in [0.15, 0.2) is 91.0 Å². The first-order valence-corrected chi connectivity index (χ1v) is 13.8. The molecule has 0 unspecified atom stereocenters. The normalized spacial score (nSPS) is 16.9. The van der Waals surface area contributed by atoms with E-state index in [1.165, 1.54) is 21.6 Å². The molecule has 2 heterocycles. The van der Waals surface area contributed by atoms with Gasteiger partial charge < -0.3 is 14.4 Å². The molecule has 2 aliphatic rings. The summed E-state index contributed by atoms with van der Waals surface area (Å²) in [6.07, 6.45) is 3.47. The van der Waals surface area contributed by atoms with E-state index >= 15 is 0 Å². The summed E-state index contributed by atoms with van der Waals surface area (Å²) in [7, 11) is 3.23. The summed E-state index contributed by atoms with van der Waals surface area (Å²) in [6.45, 7) is 3.22. The van der Waals surface area contributed by atoms with Gasteiger partial charge in [-0.25, -0.2) is 4.79 Å². The SMILES string of the molecule is COCCN1C(=O)N(Cc2cccc(OC)c2)C(=O)C12CCN(CC=C(c1ccccc1)c1ccccc1)CC2. The van der Waals surface area contributed by atoms with Gasteiger partial charge in [-0.1, -0.05) is 78.9 Å². The molecule has 7 nitrogen and oxygen atoms in total. The molecular weight excluding hydrogens is 502 g/mol. The summed E-state index contributed by atoms with van der Waals surface area (Å²) in [5.41, 5.74) is 3.58. The summed E-state index contributed by atoms with van der Waals surface area (Å²) in [5, 5.41) is 0. The second-order valence-electron chi connectivity index (χ2n) is 10.4. The lowest BCUT2D eigenvalue weighted by Gasteiger charge is -2.42. The molecule has 0 saturated carbocycles. The minimum absolute atomic E-state index is 0.110. The van der Waals surface area contributed by atoms with Crippen LogP contribution in [0.1, 0.15) is 29.5 Å². The van der Waals surface area contributed by atoms with Crippen molar-refractivity contribution in [3.63, 3.8) is 0 Å². The maximum atomic E-state index is 13.9. The molecule has 2 aliphatic heterocycles. The van der Waals surface area contributed by atoms with E-state index in [0.717, 1.165) is 25.2 Å². The molecule has 2 fully saturated rings. The van der Waals surface area contributed by atoms with Gasteiger partial charge in [0.25, 0.3) is 5.91 Å². The zero-order chi connectivity index (χ0) is 28.0. The maximum Gasteiger partial charge on any atom is 0.328 e. The standard InChI is InChI=1S/C33H37N3O4/c1-39-23-22-36-32(38)35(25-26-10-9-15-29(24-26)40-2)31(37)33(36)17-20-34(21-18-33)19-16-30(27-11-5-3-6-12-27)28-13-7-4-8-14-28/h3-16,24H,17-23,25H2,1-2H3. The number of imide groups is 1. The minimum atomic E-state index is -0.837. The molecule has 0 aliphatic carbocycles. The van der Waals surface area contributed by atoms with E-state index in [-0.39, 0.29) is 18.5 Å². The topological polar surface area (TPSA) is 62.3 Å². The van der Waals surface area contributed by atoms with Crippen LogP contribution in [0, 0.1) is 0 Å². The third kappa shape index (κ3) is 5.67. The molecule has 0 atom stereocenters. The molecule has 40 heavy (non-hydrogen) atoms. The Bertz CT molecular complexity index is 1290. The van der Waals surface area contributed by atoms with Crippen LogP contribution in [0.25, 0.3) is 5.57 Å². The van der Waals surface area contributed by atoms with Gasteiger partial charge in [0.2, 0.25) is 0 Å². The highest BCUT2D eigenvalue weighted by atomic mass is 16.5. The van der Waals surface area contributed by atoms with Crippen LogP contribution >= 0.6 is 0 Å². The average Bonchev–Trinajstić information content (AvgIpc) is 3.18. The van der Waals surface area contributed by atoms with Gasteiger partial charge in [-0.2, -0.15) is 0 Å². The maximum absolute atomic E-state index is 13.9. The number of benzene rings is 3. The van der Waals surface area contributed by atoms with Crippen molar-refractivity contribution in [3.8, 4) is 5.75 Å². The Morgan fingerprint density at radius 3 is 2.12 bits per heavy atom. The summed E-state index contributed by atoms with van der Waals surface area (Å²) in [4.78, 5) is 33.0. The fourth-order valence-electron chi connectivity index (χ4n) is 5.81. The smallest absolute Gasteiger partial charge is 0.328 e. The molecule has 208 valence electrons. The quantitative estimate of drug-likeness (QED) is 0.337. The van der Waals surface area contributed by atoms with E-state index in [1.807, 2.05) is 36.4 Å². The van der Waals surface area contributed by atoms with Gasteiger partial charge >= 0.3 is 6.03 Å². The number of nitrogens with zero attached hydrogens (tertiary/aromatic N) is 3. The molecule has 0 radical (unpaired) electrons. The number of hydrogen-bond donors (Lipinski definition) is 0. The minimum Gasteiger partial charge on any atom is -0.497 e. The Balaban J connectivity index is 1.33. The van der Waals surface area contributed by atoms with Gasteiger partial charge in [-0.05, 0) is 47.2 Å². The van der Waals surface area contributed by atoms with Crippen molar-refractivity contribution in [2.45, 2.75) is 24.9 Å². The fourth-order valence-corrected chi connectivity index (χ4v) is 5.81. The average molecular weight is 540 g/mol. The Kier molecular flexibility index (Phi) is 8.63. The van der Waals surface area contributed by atoms with Crippen molar-refractivity contribution in [3.05, 3.63) is 108 Å². The highest BCUT2D eigenvalue weighted by molar-refractivity contribution is 6.07. The second-order valence-corrected chi connectivity index (χ2v) is 10.4. The first-order chi connectivity index (χ1) is 19.6. The molecule has 0 aromatic heterocycles.